The van der Waals surface area contributed by atoms with Gasteiger partial charge < -0.3 is 15.3 Å². The van der Waals surface area contributed by atoms with Crippen molar-refractivity contribution in [1.82, 2.24) is 19.9 Å². The highest BCUT2D eigenvalue weighted by Crippen LogP contribution is 2.27. The maximum Gasteiger partial charge on any atom is 0.219 e. The summed E-state index contributed by atoms with van der Waals surface area (Å²) in [4.78, 5) is 27.0. The SMILES string of the molecule is CC(=O)N1CCc2c(nc(-c3ccccn3)nc2N[C@@H](C)CO)C1. The summed E-state index contributed by atoms with van der Waals surface area (Å²) in [6.07, 6.45) is 2.39. The molecule has 7 nitrogen and oxygen atoms in total. The molecule has 3 heterocycles. The Morgan fingerprint density at radius 3 is 2.92 bits per heavy atom. The molecule has 0 spiro atoms. The number of hydrogen-bond donors (Lipinski definition) is 2. The molecule has 0 bridgehead atoms. The first-order valence-electron chi connectivity index (χ1n) is 8.02. The first-order valence-corrected chi connectivity index (χ1v) is 8.02. The highest BCUT2D eigenvalue weighted by Gasteiger charge is 2.24. The Hall–Kier alpha value is -2.54. The largest absolute Gasteiger partial charge is 0.394 e. The van der Waals surface area contributed by atoms with Crippen LogP contribution in [-0.2, 0) is 17.8 Å². The number of anilines is 1. The molecule has 0 radical (unpaired) electrons. The van der Waals surface area contributed by atoms with Gasteiger partial charge in [-0.25, -0.2) is 9.97 Å². The molecule has 0 fully saturated rings. The molecule has 3 rings (SSSR count). The first kappa shape index (κ1) is 16.3. The number of nitrogens with one attached hydrogen (secondary N) is 1. The molecule has 0 unspecified atom stereocenters. The Labute approximate surface area is 140 Å². The van der Waals surface area contributed by atoms with Gasteiger partial charge in [-0.3, -0.25) is 9.78 Å². The number of amides is 1. The molecule has 7 heteroatoms. The lowest BCUT2D eigenvalue weighted by Crippen LogP contribution is -2.36. The zero-order valence-corrected chi connectivity index (χ0v) is 13.9. The molecule has 1 aliphatic heterocycles. The van der Waals surface area contributed by atoms with E-state index in [0.717, 1.165) is 11.3 Å². The molecule has 0 aliphatic carbocycles. The van der Waals surface area contributed by atoms with Crippen molar-refractivity contribution in [3.05, 3.63) is 35.7 Å². The van der Waals surface area contributed by atoms with E-state index < -0.39 is 0 Å². The zero-order valence-electron chi connectivity index (χ0n) is 13.9. The van der Waals surface area contributed by atoms with Crippen LogP contribution < -0.4 is 5.32 Å². The van der Waals surface area contributed by atoms with Crippen molar-refractivity contribution in [2.75, 3.05) is 18.5 Å². The Morgan fingerprint density at radius 2 is 2.25 bits per heavy atom. The Balaban J connectivity index is 2.04. The van der Waals surface area contributed by atoms with Gasteiger partial charge in [-0.2, -0.15) is 0 Å². The number of aromatic nitrogens is 3. The summed E-state index contributed by atoms with van der Waals surface area (Å²) < 4.78 is 0. The molecule has 1 amide bonds. The molecular weight excluding hydrogens is 306 g/mol. The van der Waals surface area contributed by atoms with Crippen LogP contribution in [0.2, 0.25) is 0 Å². The van der Waals surface area contributed by atoms with Gasteiger partial charge in [0.15, 0.2) is 5.82 Å². The van der Waals surface area contributed by atoms with Gasteiger partial charge in [-0.15, -0.1) is 0 Å². The highest BCUT2D eigenvalue weighted by molar-refractivity contribution is 5.74. The number of aliphatic hydroxyl groups excluding tert-OH is 1. The Kier molecular flexibility index (Phi) is 4.71. The number of rotatable bonds is 4. The predicted octanol–water partition coefficient (Wildman–Crippen LogP) is 1.24. The van der Waals surface area contributed by atoms with Crippen LogP contribution in [0.5, 0.6) is 0 Å². The summed E-state index contributed by atoms with van der Waals surface area (Å²) in [5.41, 5.74) is 2.52. The van der Waals surface area contributed by atoms with Crippen molar-refractivity contribution in [3.8, 4) is 11.5 Å². The van der Waals surface area contributed by atoms with Crippen LogP contribution in [0.25, 0.3) is 11.5 Å². The number of hydrogen-bond acceptors (Lipinski definition) is 6. The third-order valence-corrected chi connectivity index (χ3v) is 4.06. The second-order valence-electron chi connectivity index (χ2n) is 5.95. The van der Waals surface area contributed by atoms with Crippen LogP contribution in [-0.4, -0.2) is 50.1 Å². The summed E-state index contributed by atoms with van der Waals surface area (Å²) in [6.45, 7) is 4.59. The summed E-state index contributed by atoms with van der Waals surface area (Å²) in [6, 6.07) is 5.46. The Morgan fingerprint density at radius 1 is 1.42 bits per heavy atom. The van der Waals surface area contributed by atoms with Crippen molar-refractivity contribution in [1.29, 1.82) is 0 Å². The molecule has 2 aromatic rings. The summed E-state index contributed by atoms with van der Waals surface area (Å²) in [5.74, 6) is 1.27. The molecule has 0 saturated heterocycles. The quantitative estimate of drug-likeness (QED) is 0.878. The average Bonchev–Trinajstić information content (AvgIpc) is 2.61. The minimum absolute atomic E-state index is 0.0112. The third-order valence-electron chi connectivity index (χ3n) is 4.06. The molecule has 1 aliphatic rings. The number of carbonyl (C=O) groups excluding carboxylic acids is 1. The molecule has 126 valence electrons. The molecule has 0 aromatic carbocycles. The minimum Gasteiger partial charge on any atom is -0.394 e. The van der Waals surface area contributed by atoms with E-state index in [-0.39, 0.29) is 18.6 Å². The van der Waals surface area contributed by atoms with E-state index in [9.17, 15) is 9.90 Å². The number of nitrogens with zero attached hydrogens (tertiary/aromatic N) is 4. The van der Waals surface area contributed by atoms with Gasteiger partial charge in [0.05, 0.1) is 18.8 Å². The second kappa shape index (κ2) is 6.92. The van der Waals surface area contributed by atoms with Gasteiger partial charge in [0.2, 0.25) is 5.91 Å². The monoisotopic (exact) mass is 327 g/mol. The van der Waals surface area contributed by atoms with Crippen LogP contribution in [0.15, 0.2) is 24.4 Å². The maximum absolute atomic E-state index is 11.7. The van der Waals surface area contributed by atoms with Crippen LogP contribution in [0.3, 0.4) is 0 Å². The van der Waals surface area contributed by atoms with Crippen LogP contribution >= 0.6 is 0 Å². The van der Waals surface area contributed by atoms with Gasteiger partial charge in [0, 0.05) is 31.3 Å². The summed E-state index contributed by atoms with van der Waals surface area (Å²) in [7, 11) is 0. The molecule has 2 aromatic heterocycles. The van der Waals surface area contributed by atoms with Crippen molar-refractivity contribution >= 4 is 11.7 Å². The number of carbonyl (C=O) groups is 1. The average molecular weight is 327 g/mol. The fourth-order valence-corrected chi connectivity index (χ4v) is 2.71. The topological polar surface area (TPSA) is 91.2 Å². The Bertz CT molecular complexity index is 735. The van der Waals surface area contributed by atoms with E-state index >= 15 is 0 Å². The van der Waals surface area contributed by atoms with Gasteiger partial charge in [0.25, 0.3) is 0 Å². The first-order chi connectivity index (χ1) is 11.6. The molecule has 2 N–H and O–H groups in total. The second-order valence-corrected chi connectivity index (χ2v) is 5.95. The third kappa shape index (κ3) is 3.35. The summed E-state index contributed by atoms with van der Waals surface area (Å²) >= 11 is 0. The lowest BCUT2D eigenvalue weighted by atomic mass is 10.0. The minimum atomic E-state index is -0.119. The fraction of sp³-hybridized carbons (Fsp3) is 0.412. The van der Waals surface area contributed by atoms with Crippen molar-refractivity contribution in [2.24, 2.45) is 0 Å². The molecular formula is C17H21N5O2. The lowest BCUT2D eigenvalue weighted by molar-refractivity contribution is -0.129. The van der Waals surface area contributed by atoms with E-state index in [1.807, 2.05) is 25.1 Å². The van der Waals surface area contributed by atoms with Gasteiger partial charge in [-0.1, -0.05) is 6.07 Å². The molecule has 1 atom stereocenters. The van der Waals surface area contributed by atoms with E-state index in [1.165, 1.54) is 0 Å². The van der Waals surface area contributed by atoms with Crippen LogP contribution in [0.4, 0.5) is 5.82 Å². The van der Waals surface area contributed by atoms with Gasteiger partial charge >= 0.3 is 0 Å². The van der Waals surface area contributed by atoms with E-state index in [2.05, 4.69) is 20.3 Å². The molecule has 0 saturated carbocycles. The highest BCUT2D eigenvalue weighted by atomic mass is 16.3. The normalized spacial score (nSPS) is 14.9. The van der Waals surface area contributed by atoms with Crippen molar-refractivity contribution < 1.29 is 9.90 Å². The van der Waals surface area contributed by atoms with Crippen LogP contribution in [0.1, 0.15) is 25.1 Å². The fourth-order valence-electron chi connectivity index (χ4n) is 2.71. The molecule has 24 heavy (non-hydrogen) atoms. The van der Waals surface area contributed by atoms with E-state index in [4.69, 9.17) is 0 Å². The van der Waals surface area contributed by atoms with Crippen molar-refractivity contribution in [3.63, 3.8) is 0 Å². The maximum atomic E-state index is 11.7. The number of pyridine rings is 1. The predicted molar refractivity (Wildman–Crippen MR) is 90.2 cm³/mol. The zero-order chi connectivity index (χ0) is 17.1. The van der Waals surface area contributed by atoms with Gasteiger partial charge in [0.1, 0.15) is 11.5 Å². The number of aliphatic hydroxyl groups is 1. The summed E-state index contributed by atoms with van der Waals surface area (Å²) in [5, 5.41) is 12.6. The van der Waals surface area contributed by atoms with E-state index in [0.29, 0.717) is 36.8 Å². The number of fused-ring (bicyclic) bond motifs is 1. The van der Waals surface area contributed by atoms with Crippen molar-refractivity contribution in [2.45, 2.75) is 32.9 Å². The van der Waals surface area contributed by atoms with E-state index in [1.54, 1.807) is 18.0 Å². The van der Waals surface area contributed by atoms with Crippen LogP contribution in [0, 0.1) is 0 Å². The lowest BCUT2D eigenvalue weighted by Gasteiger charge is -2.29. The standard InChI is InChI=1S/C17H21N5O2/c1-11(10-23)19-16-13-6-8-22(12(2)24)9-15(13)20-17(21-16)14-5-3-4-7-18-14/h3-5,7,11,23H,6,8-10H2,1-2H3,(H,19,20,21)/t11-/m0/s1. The smallest absolute Gasteiger partial charge is 0.219 e. The van der Waals surface area contributed by atoms with Gasteiger partial charge in [-0.05, 0) is 25.5 Å².